The molecule has 1 saturated carbocycles. The summed E-state index contributed by atoms with van der Waals surface area (Å²) in [7, 11) is 0. The molecule has 0 bridgehead atoms. The van der Waals surface area contributed by atoms with Gasteiger partial charge >= 0.3 is 5.97 Å². The first-order chi connectivity index (χ1) is 8.64. The van der Waals surface area contributed by atoms with Crippen LogP contribution < -0.4 is 5.73 Å². The summed E-state index contributed by atoms with van der Waals surface area (Å²) in [5.74, 6) is -0.913. The summed E-state index contributed by atoms with van der Waals surface area (Å²) in [5, 5.41) is 8.78. The molecule has 0 aromatic carbocycles. The summed E-state index contributed by atoms with van der Waals surface area (Å²) in [6, 6.07) is 0. The van der Waals surface area contributed by atoms with Gasteiger partial charge in [-0.1, -0.05) is 12.8 Å². The maximum Gasteiger partial charge on any atom is 0.305 e. The van der Waals surface area contributed by atoms with E-state index in [0.717, 1.165) is 25.7 Å². The minimum absolute atomic E-state index is 0.0272. The van der Waals surface area contributed by atoms with Crippen molar-refractivity contribution in [1.29, 1.82) is 0 Å². The Morgan fingerprint density at radius 2 is 1.79 bits per heavy atom. The maximum atomic E-state index is 12.4. The smallest absolute Gasteiger partial charge is 0.305 e. The molecule has 0 heterocycles. The van der Waals surface area contributed by atoms with Crippen LogP contribution >= 0.6 is 0 Å². The third-order valence-corrected chi connectivity index (χ3v) is 3.76. The third kappa shape index (κ3) is 4.82. The minimum atomic E-state index is -0.884. The summed E-state index contributed by atoms with van der Waals surface area (Å²) in [5.41, 5.74) is 5.47. The topological polar surface area (TPSA) is 83.6 Å². The number of carboxylic acids is 1. The molecule has 1 fully saturated rings. The first-order valence-electron chi connectivity index (χ1n) is 6.95. The molecule has 110 valence electrons. The van der Waals surface area contributed by atoms with E-state index >= 15 is 0 Å². The van der Waals surface area contributed by atoms with E-state index in [1.165, 1.54) is 0 Å². The van der Waals surface area contributed by atoms with Gasteiger partial charge in [-0.2, -0.15) is 0 Å². The Morgan fingerprint density at radius 1 is 1.26 bits per heavy atom. The van der Waals surface area contributed by atoms with E-state index in [1.807, 2.05) is 20.8 Å². The molecule has 0 radical (unpaired) electrons. The van der Waals surface area contributed by atoms with Gasteiger partial charge < -0.3 is 15.7 Å². The van der Waals surface area contributed by atoms with Gasteiger partial charge in [-0.05, 0) is 33.6 Å². The van der Waals surface area contributed by atoms with Gasteiger partial charge in [0.2, 0.25) is 5.91 Å². The lowest BCUT2D eigenvalue weighted by atomic mass is 9.92. The standard InChI is InChI=1S/C14H26N2O3/c1-13(2,3)16(9-6-12(18)19)11(17)10-14(15)7-4-5-8-14/h4-10,15H2,1-3H3,(H,18,19). The second-order valence-corrected chi connectivity index (χ2v) is 6.61. The molecular weight excluding hydrogens is 244 g/mol. The lowest BCUT2D eigenvalue weighted by Gasteiger charge is -2.37. The van der Waals surface area contributed by atoms with Crippen molar-refractivity contribution < 1.29 is 14.7 Å². The fourth-order valence-electron chi connectivity index (χ4n) is 2.69. The molecule has 0 spiro atoms. The average molecular weight is 270 g/mol. The van der Waals surface area contributed by atoms with Crippen LogP contribution in [-0.2, 0) is 9.59 Å². The van der Waals surface area contributed by atoms with Crippen LogP contribution in [0.1, 0.15) is 59.3 Å². The van der Waals surface area contributed by atoms with Gasteiger partial charge in [0.25, 0.3) is 0 Å². The highest BCUT2D eigenvalue weighted by atomic mass is 16.4. The Hall–Kier alpha value is -1.10. The Bertz CT molecular complexity index is 341. The van der Waals surface area contributed by atoms with Crippen LogP contribution in [0, 0.1) is 0 Å². The van der Waals surface area contributed by atoms with E-state index in [0.29, 0.717) is 6.42 Å². The summed E-state index contributed by atoms with van der Waals surface area (Å²) < 4.78 is 0. The number of carbonyl (C=O) groups excluding carboxylic acids is 1. The number of rotatable bonds is 5. The monoisotopic (exact) mass is 270 g/mol. The van der Waals surface area contributed by atoms with E-state index in [-0.39, 0.29) is 30.0 Å². The highest BCUT2D eigenvalue weighted by Gasteiger charge is 2.35. The molecular formula is C14H26N2O3. The number of amides is 1. The van der Waals surface area contributed by atoms with Gasteiger partial charge in [0.15, 0.2) is 0 Å². The zero-order valence-corrected chi connectivity index (χ0v) is 12.2. The Morgan fingerprint density at radius 3 is 2.21 bits per heavy atom. The van der Waals surface area contributed by atoms with Crippen LogP contribution in [0.5, 0.6) is 0 Å². The normalized spacial score (nSPS) is 18.3. The van der Waals surface area contributed by atoms with Gasteiger partial charge in [-0.3, -0.25) is 9.59 Å². The number of carbonyl (C=O) groups is 2. The second kappa shape index (κ2) is 5.90. The van der Waals surface area contributed by atoms with Crippen molar-refractivity contribution in [3.63, 3.8) is 0 Å². The van der Waals surface area contributed by atoms with Gasteiger partial charge in [0.1, 0.15) is 0 Å². The van der Waals surface area contributed by atoms with Crippen LogP contribution in [0.4, 0.5) is 0 Å². The molecule has 0 saturated heterocycles. The van der Waals surface area contributed by atoms with Crippen molar-refractivity contribution >= 4 is 11.9 Å². The van der Waals surface area contributed by atoms with Crippen molar-refractivity contribution in [2.45, 2.75) is 70.4 Å². The lowest BCUT2D eigenvalue weighted by molar-refractivity contribution is -0.141. The van der Waals surface area contributed by atoms with E-state index < -0.39 is 5.97 Å². The lowest BCUT2D eigenvalue weighted by Crippen LogP contribution is -2.50. The van der Waals surface area contributed by atoms with Gasteiger partial charge in [-0.25, -0.2) is 0 Å². The molecule has 19 heavy (non-hydrogen) atoms. The SMILES string of the molecule is CC(C)(C)N(CCC(=O)O)C(=O)CC1(N)CCCC1. The number of nitrogens with two attached hydrogens (primary N) is 1. The summed E-state index contributed by atoms with van der Waals surface area (Å²) >= 11 is 0. The number of hydrogen-bond donors (Lipinski definition) is 2. The molecule has 0 aliphatic heterocycles. The summed E-state index contributed by atoms with van der Waals surface area (Å²) in [6.07, 6.45) is 4.22. The van der Waals surface area contributed by atoms with Crippen molar-refractivity contribution in [1.82, 2.24) is 4.90 Å². The van der Waals surface area contributed by atoms with Crippen molar-refractivity contribution in [2.24, 2.45) is 5.73 Å². The molecule has 1 aliphatic carbocycles. The zero-order valence-electron chi connectivity index (χ0n) is 12.2. The van der Waals surface area contributed by atoms with Crippen molar-refractivity contribution in [2.75, 3.05) is 6.54 Å². The molecule has 1 aliphatic rings. The molecule has 1 amide bonds. The Labute approximate surface area is 115 Å². The fourth-order valence-corrected chi connectivity index (χ4v) is 2.69. The predicted octanol–water partition coefficient (Wildman–Crippen LogP) is 1.75. The van der Waals surface area contributed by atoms with Gasteiger partial charge in [0.05, 0.1) is 6.42 Å². The van der Waals surface area contributed by atoms with Crippen LogP contribution in [0.15, 0.2) is 0 Å². The van der Waals surface area contributed by atoms with Crippen LogP contribution in [0.25, 0.3) is 0 Å². The largest absolute Gasteiger partial charge is 0.481 e. The van der Waals surface area contributed by atoms with E-state index in [4.69, 9.17) is 10.8 Å². The summed E-state index contributed by atoms with van der Waals surface area (Å²) in [6.45, 7) is 6.01. The van der Waals surface area contributed by atoms with Crippen molar-refractivity contribution in [3.8, 4) is 0 Å². The molecule has 5 nitrogen and oxygen atoms in total. The fraction of sp³-hybridized carbons (Fsp3) is 0.857. The van der Waals surface area contributed by atoms with Crippen LogP contribution in [-0.4, -0.2) is 39.5 Å². The van der Waals surface area contributed by atoms with Crippen LogP contribution in [0.2, 0.25) is 0 Å². The van der Waals surface area contributed by atoms with Gasteiger partial charge in [0, 0.05) is 24.0 Å². The van der Waals surface area contributed by atoms with E-state index in [9.17, 15) is 9.59 Å². The van der Waals surface area contributed by atoms with Crippen molar-refractivity contribution in [3.05, 3.63) is 0 Å². The maximum absolute atomic E-state index is 12.4. The predicted molar refractivity (Wildman–Crippen MR) is 73.7 cm³/mol. The zero-order chi connectivity index (χ0) is 14.7. The first-order valence-corrected chi connectivity index (χ1v) is 6.95. The number of hydrogen-bond acceptors (Lipinski definition) is 3. The molecule has 1 rings (SSSR count). The van der Waals surface area contributed by atoms with Gasteiger partial charge in [-0.15, -0.1) is 0 Å². The minimum Gasteiger partial charge on any atom is -0.481 e. The first kappa shape index (κ1) is 16.0. The Kier molecular flexibility index (Phi) is 4.96. The molecule has 3 N–H and O–H groups in total. The second-order valence-electron chi connectivity index (χ2n) is 6.61. The number of nitrogens with zero attached hydrogens (tertiary/aromatic N) is 1. The highest BCUT2D eigenvalue weighted by Crippen LogP contribution is 2.31. The third-order valence-electron chi connectivity index (χ3n) is 3.76. The van der Waals surface area contributed by atoms with E-state index in [1.54, 1.807) is 4.90 Å². The molecule has 0 atom stereocenters. The average Bonchev–Trinajstić information content (AvgIpc) is 2.62. The summed E-state index contributed by atoms with van der Waals surface area (Å²) in [4.78, 5) is 24.8. The quantitative estimate of drug-likeness (QED) is 0.797. The highest BCUT2D eigenvalue weighted by molar-refractivity contribution is 5.79. The molecule has 0 aromatic heterocycles. The number of carboxylic acid groups (broad SMARTS) is 1. The molecule has 0 aromatic rings. The molecule has 5 heteroatoms. The molecule has 0 unspecified atom stereocenters. The Balaban J connectivity index is 2.68. The number of aliphatic carboxylic acids is 1. The van der Waals surface area contributed by atoms with E-state index in [2.05, 4.69) is 0 Å². The van der Waals surface area contributed by atoms with Crippen LogP contribution in [0.3, 0.4) is 0 Å².